The zero-order chi connectivity index (χ0) is 15.6. The second-order valence-corrected chi connectivity index (χ2v) is 4.64. The Kier molecular flexibility index (Phi) is 14.6. The van der Waals surface area contributed by atoms with Crippen molar-refractivity contribution in [3.05, 3.63) is 24.3 Å². The summed E-state index contributed by atoms with van der Waals surface area (Å²) in [6, 6.07) is 0. The number of carbonyl (C=O) groups is 1. The summed E-state index contributed by atoms with van der Waals surface area (Å²) in [6.07, 6.45) is 15.6. The van der Waals surface area contributed by atoms with Gasteiger partial charge in [0.15, 0.2) is 0 Å². The first-order valence-electron chi connectivity index (χ1n) is 7.65. The third-order valence-corrected chi connectivity index (χ3v) is 2.68. The molecule has 0 fully saturated rings. The number of unbranched alkanes of at least 4 members (excludes halogenated alkanes) is 5. The van der Waals surface area contributed by atoms with Crippen molar-refractivity contribution in [2.45, 2.75) is 58.8 Å². The Bertz CT molecular complexity index is 436. The van der Waals surface area contributed by atoms with Gasteiger partial charge in [-0.3, -0.25) is 4.79 Å². The summed E-state index contributed by atoms with van der Waals surface area (Å²) in [4.78, 5) is 10.5. The van der Waals surface area contributed by atoms with Crippen molar-refractivity contribution in [2.24, 2.45) is 0 Å². The van der Waals surface area contributed by atoms with Crippen LogP contribution in [0.4, 0.5) is 0 Å². The third kappa shape index (κ3) is 18.1. The second kappa shape index (κ2) is 16.1. The second-order valence-electron chi connectivity index (χ2n) is 4.64. The van der Waals surface area contributed by atoms with Gasteiger partial charge in [-0.05, 0) is 44.1 Å². The minimum absolute atomic E-state index is 0.184. The maximum Gasteiger partial charge on any atom is 0.302 e. The summed E-state index contributed by atoms with van der Waals surface area (Å²) in [5.41, 5.74) is 0. The van der Waals surface area contributed by atoms with Crippen molar-refractivity contribution in [2.75, 3.05) is 6.61 Å². The third-order valence-electron chi connectivity index (χ3n) is 2.68. The first-order chi connectivity index (χ1) is 10.3. The Morgan fingerprint density at radius 1 is 1.05 bits per heavy atom. The molecular formula is C19H26O2. The van der Waals surface area contributed by atoms with E-state index in [9.17, 15) is 4.79 Å². The molecule has 114 valence electrons. The molecule has 0 rings (SSSR count). The predicted octanol–water partition coefficient (Wildman–Crippen LogP) is 4.42. The Balaban J connectivity index is 3.33. The van der Waals surface area contributed by atoms with E-state index in [4.69, 9.17) is 4.74 Å². The van der Waals surface area contributed by atoms with Gasteiger partial charge >= 0.3 is 5.97 Å². The molecule has 0 aromatic rings. The summed E-state index contributed by atoms with van der Waals surface area (Å²) in [5.74, 6) is 11.2. The van der Waals surface area contributed by atoms with Crippen molar-refractivity contribution in [1.82, 2.24) is 0 Å². The number of hydrogen-bond donors (Lipinski definition) is 0. The van der Waals surface area contributed by atoms with Gasteiger partial charge in [0.25, 0.3) is 0 Å². The molecule has 0 aliphatic rings. The van der Waals surface area contributed by atoms with Crippen molar-refractivity contribution < 1.29 is 9.53 Å². The lowest BCUT2D eigenvalue weighted by Crippen LogP contribution is -1.99. The molecule has 0 aromatic carbocycles. The monoisotopic (exact) mass is 286 g/mol. The van der Waals surface area contributed by atoms with Crippen LogP contribution in [0.5, 0.6) is 0 Å². The molecule has 21 heavy (non-hydrogen) atoms. The fourth-order valence-electron chi connectivity index (χ4n) is 1.63. The number of hydrogen-bond acceptors (Lipinski definition) is 2. The Morgan fingerprint density at radius 3 is 2.57 bits per heavy atom. The Morgan fingerprint density at radius 2 is 1.81 bits per heavy atom. The minimum atomic E-state index is -0.184. The van der Waals surface area contributed by atoms with Crippen molar-refractivity contribution in [1.29, 1.82) is 0 Å². The summed E-state index contributed by atoms with van der Waals surface area (Å²) < 4.78 is 4.88. The van der Waals surface area contributed by atoms with Crippen LogP contribution in [0.1, 0.15) is 58.8 Å². The van der Waals surface area contributed by atoms with Gasteiger partial charge in [-0.25, -0.2) is 0 Å². The number of ether oxygens (including phenoxy) is 1. The molecule has 0 spiro atoms. The Hall–Kier alpha value is -1.93. The predicted molar refractivity (Wildman–Crippen MR) is 88.5 cm³/mol. The summed E-state index contributed by atoms with van der Waals surface area (Å²) in [7, 11) is 0. The van der Waals surface area contributed by atoms with Crippen LogP contribution < -0.4 is 0 Å². The van der Waals surface area contributed by atoms with Crippen LogP contribution in [-0.4, -0.2) is 12.6 Å². The van der Waals surface area contributed by atoms with E-state index in [0.717, 1.165) is 25.7 Å². The topological polar surface area (TPSA) is 26.3 Å². The van der Waals surface area contributed by atoms with Gasteiger partial charge in [0, 0.05) is 13.3 Å². The highest BCUT2D eigenvalue weighted by Crippen LogP contribution is 2.06. The zero-order valence-corrected chi connectivity index (χ0v) is 13.3. The highest BCUT2D eigenvalue weighted by molar-refractivity contribution is 5.65. The molecule has 2 heteroatoms. The number of carbonyl (C=O) groups excluding carboxylic acids is 1. The summed E-state index contributed by atoms with van der Waals surface area (Å²) in [6.45, 7) is 3.95. The standard InChI is InChI=1S/C19H26O2/c1-3-4-5-6-7-8-9-10-11-12-13-14-15-16-17-18-21-19(2)20/h3-4,10-11H,9,12-18H2,1-2H3. The molecule has 2 nitrogen and oxygen atoms in total. The fraction of sp³-hybridized carbons (Fsp3) is 0.526. The first-order valence-corrected chi connectivity index (χ1v) is 7.65. The quantitative estimate of drug-likeness (QED) is 0.271. The minimum Gasteiger partial charge on any atom is -0.466 e. The van der Waals surface area contributed by atoms with Gasteiger partial charge in [0.1, 0.15) is 0 Å². The number of allylic oxidation sites excluding steroid dienone is 4. The van der Waals surface area contributed by atoms with Crippen molar-refractivity contribution in [3.63, 3.8) is 0 Å². The van der Waals surface area contributed by atoms with Gasteiger partial charge in [0.05, 0.1) is 6.61 Å². The van der Waals surface area contributed by atoms with Crippen molar-refractivity contribution >= 4 is 5.97 Å². The van der Waals surface area contributed by atoms with Gasteiger partial charge in [-0.1, -0.05) is 49.3 Å². The molecule has 0 aromatic heterocycles. The molecule has 0 saturated heterocycles. The number of rotatable bonds is 9. The maximum absolute atomic E-state index is 10.5. The summed E-state index contributed by atoms with van der Waals surface area (Å²) >= 11 is 0. The molecule has 0 aliphatic carbocycles. The van der Waals surface area contributed by atoms with Crippen LogP contribution in [0.2, 0.25) is 0 Å². The van der Waals surface area contributed by atoms with Crippen LogP contribution >= 0.6 is 0 Å². The van der Waals surface area contributed by atoms with E-state index in [-0.39, 0.29) is 5.97 Å². The molecule has 0 atom stereocenters. The average molecular weight is 286 g/mol. The molecule has 0 amide bonds. The zero-order valence-electron chi connectivity index (χ0n) is 13.3. The van der Waals surface area contributed by atoms with E-state index in [1.165, 1.54) is 26.2 Å². The van der Waals surface area contributed by atoms with E-state index in [1.54, 1.807) is 6.08 Å². The van der Waals surface area contributed by atoms with Crippen molar-refractivity contribution in [3.8, 4) is 23.7 Å². The molecule has 0 radical (unpaired) electrons. The lowest BCUT2D eigenvalue weighted by Gasteiger charge is -2.01. The molecule has 0 N–H and O–H groups in total. The largest absolute Gasteiger partial charge is 0.466 e. The van der Waals surface area contributed by atoms with E-state index in [1.807, 2.05) is 13.0 Å². The molecular weight excluding hydrogens is 260 g/mol. The van der Waals surface area contributed by atoms with Crippen LogP contribution in [0.3, 0.4) is 0 Å². The van der Waals surface area contributed by atoms with E-state index in [2.05, 4.69) is 35.8 Å². The van der Waals surface area contributed by atoms with E-state index in [0.29, 0.717) is 6.61 Å². The maximum atomic E-state index is 10.5. The first kappa shape index (κ1) is 19.1. The lowest BCUT2D eigenvalue weighted by molar-refractivity contribution is -0.141. The van der Waals surface area contributed by atoms with Crippen LogP contribution in [0, 0.1) is 23.7 Å². The lowest BCUT2D eigenvalue weighted by atomic mass is 10.1. The normalized spacial score (nSPS) is 10.0. The smallest absolute Gasteiger partial charge is 0.302 e. The molecule has 0 bridgehead atoms. The fourth-order valence-corrected chi connectivity index (χ4v) is 1.63. The van der Waals surface area contributed by atoms with Gasteiger partial charge in [-0.2, -0.15) is 0 Å². The van der Waals surface area contributed by atoms with Crippen LogP contribution in [0.15, 0.2) is 24.3 Å². The number of esters is 1. The average Bonchev–Trinajstić information content (AvgIpc) is 2.46. The van der Waals surface area contributed by atoms with Crippen LogP contribution in [-0.2, 0) is 9.53 Å². The SMILES string of the molecule is CC=CC#CC#CCC=CCCCCCCCOC(C)=O. The highest BCUT2D eigenvalue weighted by atomic mass is 16.5. The molecule has 0 aliphatic heterocycles. The molecule has 0 heterocycles. The van der Waals surface area contributed by atoms with E-state index >= 15 is 0 Å². The highest BCUT2D eigenvalue weighted by Gasteiger charge is 1.93. The van der Waals surface area contributed by atoms with E-state index < -0.39 is 0 Å². The Labute approximate surface area is 129 Å². The van der Waals surface area contributed by atoms with Gasteiger partial charge in [0.2, 0.25) is 0 Å². The molecule has 0 saturated carbocycles. The van der Waals surface area contributed by atoms with Gasteiger partial charge in [-0.15, -0.1) is 0 Å². The molecule has 0 unspecified atom stereocenters. The van der Waals surface area contributed by atoms with Gasteiger partial charge < -0.3 is 4.74 Å². The van der Waals surface area contributed by atoms with Crippen LogP contribution in [0.25, 0.3) is 0 Å². The summed E-state index contributed by atoms with van der Waals surface area (Å²) in [5, 5.41) is 0.